The minimum atomic E-state index is -3.02. The first-order chi connectivity index (χ1) is 4.60. The summed E-state index contributed by atoms with van der Waals surface area (Å²) in [6.07, 6.45) is 0.657. The lowest BCUT2D eigenvalue weighted by Crippen LogP contribution is -2.56. The second-order valence-corrected chi connectivity index (χ2v) is 4.87. The maximum atomic E-state index is 9.47. The molecule has 0 radical (unpaired) electrons. The molecule has 5 heteroatoms. The third-order valence-corrected chi connectivity index (χ3v) is 4.01. The summed E-state index contributed by atoms with van der Waals surface area (Å²) >= 11 is 0. The normalized spacial score (nSPS) is 15.3. The van der Waals surface area contributed by atoms with Crippen LogP contribution in [0.4, 0.5) is 0 Å². The molecule has 0 aliphatic heterocycles. The van der Waals surface area contributed by atoms with Gasteiger partial charge in [-0.1, -0.05) is 6.92 Å². The summed E-state index contributed by atoms with van der Waals surface area (Å²) in [5, 5.41) is 0. The molecule has 0 spiro atoms. The molecule has 1 atom stereocenters. The van der Waals surface area contributed by atoms with E-state index in [0.717, 1.165) is 0 Å². The van der Waals surface area contributed by atoms with Crippen molar-refractivity contribution in [1.29, 1.82) is 0 Å². The average Bonchev–Trinajstić information content (AvgIpc) is 2.01. The van der Waals surface area contributed by atoms with E-state index >= 15 is 0 Å². The van der Waals surface area contributed by atoms with Gasteiger partial charge in [0.1, 0.15) is 0 Å². The smallest absolute Gasteiger partial charge is 0.389 e. The van der Waals surface area contributed by atoms with Crippen molar-refractivity contribution in [2.45, 2.75) is 19.0 Å². The van der Waals surface area contributed by atoms with Crippen molar-refractivity contribution in [3.8, 4) is 0 Å². The second kappa shape index (κ2) is 4.04. The maximum absolute atomic E-state index is 9.47. The molecule has 0 rings (SSSR count). The zero-order valence-corrected chi connectivity index (χ0v) is 7.63. The van der Waals surface area contributed by atoms with Gasteiger partial charge in [-0.2, -0.15) is 0 Å². The van der Waals surface area contributed by atoms with Gasteiger partial charge in [-0.15, -0.1) is 0 Å². The second-order valence-electron chi connectivity index (χ2n) is 2.05. The van der Waals surface area contributed by atoms with E-state index in [1.807, 2.05) is 6.92 Å². The SMILES string of the molecule is CCC(N)[Si](O)(OC)OC. The standard InChI is InChI=1S/C5H15NO3Si/c1-4-5(6)10(7,8-2)9-3/h5,7H,4,6H2,1-3H3. The van der Waals surface area contributed by atoms with Crippen LogP contribution in [-0.4, -0.2) is 33.5 Å². The highest BCUT2D eigenvalue weighted by atomic mass is 28.4. The molecular weight excluding hydrogens is 150 g/mol. The van der Waals surface area contributed by atoms with Crippen LogP contribution in [0.15, 0.2) is 0 Å². The average molecular weight is 165 g/mol. The van der Waals surface area contributed by atoms with E-state index in [4.69, 9.17) is 14.6 Å². The van der Waals surface area contributed by atoms with Gasteiger partial charge in [0, 0.05) is 14.2 Å². The summed E-state index contributed by atoms with van der Waals surface area (Å²) in [5.74, 6) is 0. The zero-order chi connectivity index (χ0) is 8.20. The van der Waals surface area contributed by atoms with Crippen LogP contribution in [0.1, 0.15) is 13.3 Å². The Balaban J connectivity index is 4.02. The third-order valence-electron chi connectivity index (χ3n) is 1.49. The zero-order valence-electron chi connectivity index (χ0n) is 6.63. The van der Waals surface area contributed by atoms with E-state index in [0.29, 0.717) is 6.42 Å². The van der Waals surface area contributed by atoms with Crippen molar-refractivity contribution in [2.75, 3.05) is 14.2 Å². The Labute approximate surface area is 62.3 Å². The molecule has 3 N–H and O–H groups in total. The monoisotopic (exact) mass is 165 g/mol. The Kier molecular flexibility index (Phi) is 4.07. The number of hydrogen-bond donors (Lipinski definition) is 2. The predicted molar refractivity (Wildman–Crippen MR) is 40.3 cm³/mol. The van der Waals surface area contributed by atoms with Crippen LogP contribution in [-0.2, 0) is 8.85 Å². The number of nitrogens with two attached hydrogens (primary N) is 1. The van der Waals surface area contributed by atoms with Crippen molar-refractivity contribution in [3.63, 3.8) is 0 Å². The molecule has 10 heavy (non-hydrogen) atoms. The fraction of sp³-hybridized carbons (Fsp3) is 1.00. The molecule has 0 amide bonds. The van der Waals surface area contributed by atoms with Gasteiger partial charge in [-0.25, -0.2) is 0 Å². The highest BCUT2D eigenvalue weighted by Gasteiger charge is 2.41. The topological polar surface area (TPSA) is 64.7 Å². The van der Waals surface area contributed by atoms with Gasteiger partial charge in [-0.3, -0.25) is 0 Å². The van der Waals surface area contributed by atoms with Crippen molar-refractivity contribution in [3.05, 3.63) is 0 Å². The third kappa shape index (κ3) is 2.03. The van der Waals surface area contributed by atoms with Gasteiger partial charge in [-0.05, 0) is 6.42 Å². The van der Waals surface area contributed by atoms with Crippen molar-refractivity contribution >= 4 is 8.80 Å². The summed E-state index contributed by atoms with van der Waals surface area (Å²) in [4.78, 5) is 9.47. The van der Waals surface area contributed by atoms with Gasteiger partial charge in [0.15, 0.2) is 0 Å². The van der Waals surface area contributed by atoms with Crippen LogP contribution in [0.2, 0.25) is 0 Å². The van der Waals surface area contributed by atoms with Crippen molar-refractivity contribution in [2.24, 2.45) is 5.73 Å². The molecule has 0 aromatic carbocycles. The van der Waals surface area contributed by atoms with Crippen LogP contribution >= 0.6 is 0 Å². The largest absolute Gasteiger partial charge is 0.515 e. The lowest BCUT2D eigenvalue weighted by atomic mass is 10.5. The van der Waals surface area contributed by atoms with E-state index < -0.39 is 8.80 Å². The van der Waals surface area contributed by atoms with E-state index in [9.17, 15) is 4.80 Å². The van der Waals surface area contributed by atoms with Crippen molar-refractivity contribution < 1.29 is 13.6 Å². The number of hydrogen-bond acceptors (Lipinski definition) is 4. The van der Waals surface area contributed by atoms with Crippen LogP contribution in [0.5, 0.6) is 0 Å². The molecular formula is C5H15NO3Si. The fourth-order valence-electron chi connectivity index (χ4n) is 0.644. The van der Waals surface area contributed by atoms with Crippen LogP contribution in [0.25, 0.3) is 0 Å². The van der Waals surface area contributed by atoms with Gasteiger partial charge >= 0.3 is 8.80 Å². The quantitative estimate of drug-likeness (QED) is 0.551. The molecule has 0 aromatic rings. The molecule has 0 aromatic heterocycles. The molecule has 0 bridgehead atoms. The first-order valence-electron chi connectivity index (χ1n) is 3.19. The Hall–Kier alpha value is 0.0569. The summed E-state index contributed by atoms with van der Waals surface area (Å²) in [6.45, 7) is 1.88. The first-order valence-corrected chi connectivity index (χ1v) is 5.03. The minimum absolute atomic E-state index is 0.373. The van der Waals surface area contributed by atoms with Crippen molar-refractivity contribution in [1.82, 2.24) is 0 Å². The molecule has 0 fully saturated rings. The fourth-order valence-corrected chi connectivity index (χ4v) is 1.93. The Morgan fingerprint density at radius 3 is 2.00 bits per heavy atom. The van der Waals surface area contributed by atoms with Gasteiger partial charge < -0.3 is 19.4 Å². The van der Waals surface area contributed by atoms with Gasteiger partial charge in [0.2, 0.25) is 0 Å². The molecule has 0 saturated heterocycles. The van der Waals surface area contributed by atoms with Crippen LogP contribution < -0.4 is 5.73 Å². The van der Waals surface area contributed by atoms with Gasteiger partial charge in [0.25, 0.3) is 0 Å². The Bertz CT molecular complexity index is 96.9. The minimum Gasteiger partial charge on any atom is -0.389 e. The summed E-state index contributed by atoms with van der Waals surface area (Å²) in [6, 6.07) is 0. The van der Waals surface area contributed by atoms with E-state index in [-0.39, 0.29) is 5.67 Å². The van der Waals surface area contributed by atoms with Crippen LogP contribution in [0, 0.1) is 0 Å². The highest BCUT2D eigenvalue weighted by Crippen LogP contribution is 2.06. The molecule has 0 aliphatic carbocycles. The summed E-state index contributed by atoms with van der Waals surface area (Å²) < 4.78 is 9.57. The molecule has 0 aliphatic rings. The molecule has 62 valence electrons. The molecule has 0 heterocycles. The predicted octanol–water partition coefficient (Wildman–Crippen LogP) is -0.513. The van der Waals surface area contributed by atoms with E-state index in [1.165, 1.54) is 14.2 Å². The van der Waals surface area contributed by atoms with E-state index in [1.54, 1.807) is 0 Å². The molecule has 0 saturated carbocycles. The van der Waals surface area contributed by atoms with Gasteiger partial charge in [0.05, 0.1) is 5.67 Å². The lowest BCUT2D eigenvalue weighted by Gasteiger charge is -2.24. The summed E-state index contributed by atoms with van der Waals surface area (Å²) in [5.41, 5.74) is 5.16. The maximum Gasteiger partial charge on any atom is 0.515 e. The van der Waals surface area contributed by atoms with Crippen LogP contribution in [0.3, 0.4) is 0 Å². The molecule has 4 nitrogen and oxygen atoms in total. The van der Waals surface area contributed by atoms with E-state index in [2.05, 4.69) is 0 Å². The Morgan fingerprint density at radius 2 is 1.90 bits per heavy atom. The first kappa shape index (κ1) is 10.1. The Morgan fingerprint density at radius 1 is 1.50 bits per heavy atom. The lowest BCUT2D eigenvalue weighted by molar-refractivity contribution is 0.139. The molecule has 1 unspecified atom stereocenters. The number of rotatable bonds is 4. The highest BCUT2D eigenvalue weighted by molar-refractivity contribution is 6.60. The summed E-state index contributed by atoms with van der Waals surface area (Å²) in [7, 11) is -0.207.